The van der Waals surface area contributed by atoms with Gasteiger partial charge in [-0.25, -0.2) is 0 Å². The molecule has 0 bridgehead atoms. The Kier molecular flexibility index (Phi) is 7.51. The minimum atomic E-state index is -0.283. The molecule has 0 aliphatic heterocycles. The Labute approximate surface area is 207 Å². The molecule has 4 aliphatic rings. The topological polar surface area (TPSA) is 78.1 Å². The first-order valence-electron chi connectivity index (χ1n) is 13.6. The van der Waals surface area contributed by atoms with Crippen LogP contribution in [0.4, 0.5) is 0 Å². The van der Waals surface area contributed by atoms with Crippen molar-refractivity contribution in [1.82, 2.24) is 5.32 Å². The van der Waals surface area contributed by atoms with E-state index in [1.165, 1.54) is 57.8 Å². The van der Waals surface area contributed by atoms with Gasteiger partial charge in [0.2, 0.25) is 0 Å². The Balaban J connectivity index is 1.50. The lowest BCUT2D eigenvalue weighted by molar-refractivity contribution is -0.145. The number of rotatable bonds is 8. The van der Waals surface area contributed by atoms with E-state index in [1.807, 2.05) is 14.2 Å². The molecule has 4 rings (SSSR count). The van der Waals surface area contributed by atoms with Crippen molar-refractivity contribution in [3.05, 3.63) is 11.8 Å². The normalized spacial score (nSPS) is 43.6. The van der Waals surface area contributed by atoms with Gasteiger partial charge in [0.25, 0.3) is 0 Å². The zero-order chi connectivity index (χ0) is 24.6. The van der Waals surface area contributed by atoms with E-state index in [2.05, 4.69) is 32.2 Å². The van der Waals surface area contributed by atoms with Crippen LogP contribution in [0.3, 0.4) is 0 Å². The predicted molar refractivity (Wildman–Crippen MR) is 136 cm³/mol. The summed E-state index contributed by atoms with van der Waals surface area (Å²) < 4.78 is 11.7. The summed E-state index contributed by atoms with van der Waals surface area (Å²) in [5.41, 5.74) is 0.895. The number of methoxy groups -OCH3 is 2. The first-order valence-corrected chi connectivity index (χ1v) is 13.6. The Morgan fingerprint density at radius 3 is 2.50 bits per heavy atom. The van der Waals surface area contributed by atoms with Gasteiger partial charge in [-0.3, -0.25) is 0 Å². The van der Waals surface area contributed by atoms with E-state index in [0.29, 0.717) is 28.9 Å². The molecule has 0 spiro atoms. The molecule has 4 aliphatic carbocycles. The Morgan fingerprint density at radius 1 is 1.09 bits per heavy atom. The average molecular weight is 470 g/mol. The molecule has 0 radical (unpaired) electrons. The standard InChI is InChI=1S/C29H47N3O2/c1-27-12-10-20(18-33-4)14-22(27)6-7-23-24-8-9-26(28(24,2)13-11-25(23)27)29(3,34-5)19-32-17-21(15-30)16-31/h15,17,20,22-26,30,32H,6-14,18-19H2,1-5H3/b21-17+,30-15?/t20-,22+,23-,24-,25-,26?,27-,28-,29?/m0/s1. The van der Waals surface area contributed by atoms with Crippen molar-refractivity contribution in [2.75, 3.05) is 27.4 Å². The number of hydrogen-bond acceptors (Lipinski definition) is 5. The van der Waals surface area contributed by atoms with E-state index >= 15 is 0 Å². The lowest BCUT2D eigenvalue weighted by Gasteiger charge is -2.62. The fourth-order valence-corrected chi connectivity index (χ4v) is 9.54. The van der Waals surface area contributed by atoms with Gasteiger partial charge >= 0.3 is 0 Å². The fraction of sp³-hybridized carbons (Fsp3) is 0.862. The summed E-state index contributed by atoms with van der Waals surface area (Å²) in [5, 5.41) is 19.8. The van der Waals surface area contributed by atoms with E-state index in [9.17, 15) is 0 Å². The van der Waals surface area contributed by atoms with Crippen LogP contribution in [0.5, 0.6) is 0 Å². The van der Waals surface area contributed by atoms with Crippen molar-refractivity contribution in [3.8, 4) is 6.07 Å². The van der Waals surface area contributed by atoms with Gasteiger partial charge in [-0.05, 0) is 111 Å². The molecule has 0 aromatic rings. The van der Waals surface area contributed by atoms with E-state index < -0.39 is 0 Å². The molecule has 0 heterocycles. The maximum absolute atomic E-state index is 9.13. The molecule has 2 unspecified atom stereocenters. The number of nitrogens with one attached hydrogen (secondary N) is 2. The second kappa shape index (κ2) is 9.94. The van der Waals surface area contributed by atoms with Crippen LogP contribution in [-0.4, -0.2) is 39.2 Å². The molecule has 2 N–H and O–H groups in total. The van der Waals surface area contributed by atoms with Crippen molar-refractivity contribution in [2.45, 2.75) is 84.2 Å². The highest BCUT2D eigenvalue weighted by molar-refractivity contribution is 5.80. The highest BCUT2D eigenvalue weighted by atomic mass is 16.5. The second-order valence-corrected chi connectivity index (χ2v) is 12.7. The van der Waals surface area contributed by atoms with Crippen LogP contribution in [-0.2, 0) is 9.47 Å². The van der Waals surface area contributed by atoms with Crippen molar-refractivity contribution < 1.29 is 9.47 Å². The van der Waals surface area contributed by atoms with Crippen LogP contribution in [0.25, 0.3) is 0 Å². The zero-order valence-electron chi connectivity index (χ0n) is 22.2. The van der Waals surface area contributed by atoms with Gasteiger partial charge < -0.3 is 20.2 Å². The minimum absolute atomic E-state index is 0.283. The fourth-order valence-electron chi connectivity index (χ4n) is 9.54. The Morgan fingerprint density at radius 2 is 1.82 bits per heavy atom. The molecule has 5 nitrogen and oxygen atoms in total. The van der Waals surface area contributed by atoms with Gasteiger partial charge in [-0.2, -0.15) is 5.26 Å². The summed E-state index contributed by atoms with van der Waals surface area (Å²) >= 11 is 0. The molecule has 0 saturated heterocycles. The van der Waals surface area contributed by atoms with Gasteiger partial charge in [0.1, 0.15) is 6.07 Å². The van der Waals surface area contributed by atoms with Crippen molar-refractivity contribution in [1.29, 1.82) is 10.7 Å². The van der Waals surface area contributed by atoms with Crippen LogP contribution in [0, 0.1) is 63.1 Å². The summed E-state index contributed by atoms with van der Waals surface area (Å²) in [4.78, 5) is 0. The van der Waals surface area contributed by atoms with Gasteiger partial charge in [-0.15, -0.1) is 0 Å². The molecule has 190 valence electrons. The van der Waals surface area contributed by atoms with Gasteiger partial charge in [0, 0.05) is 39.8 Å². The number of allylic oxidation sites excluding steroid dienone is 1. The molecule has 0 amide bonds. The monoisotopic (exact) mass is 469 g/mol. The molecule has 34 heavy (non-hydrogen) atoms. The van der Waals surface area contributed by atoms with Crippen LogP contribution >= 0.6 is 0 Å². The highest BCUT2D eigenvalue weighted by Gasteiger charge is 2.62. The van der Waals surface area contributed by atoms with E-state index in [4.69, 9.17) is 20.1 Å². The number of nitriles is 1. The largest absolute Gasteiger partial charge is 0.387 e. The SMILES string of the molecule is COC[C@H]1CC[C@@]2(C)[C@H](CC[C@@H]3[C@@H]2CC[C@]2(C)C(C(C)(CN/C=C(/C#N)C=N)OC)CC[C@@H]32)C1. The van der Waals surface area contributed by atoms with E-state index in [1.54, 1.807) is 6.20 Å². The number of hydrogen-bond donors (Lipinski definition) is 2. The number of ether oxygens (including phenoxy) is 2. The Hall–Kier alpha value is -1.38. The lowest BCUT2D eigenvalue weighted by Crippen LogP contribution is -2.56. The first kappa shape index (κ1) is 25.7. The maximum Gasteiger partial charge on any atom is 0.102 e. The molecule has 5 heteroatoms. The maximum atomic E-state index is 9.13. The summed E-state index contributed by atoms with van der Waals surface area (Å²) in [5.74, 6) is 4.70. The second-order valence-electron chi connectivity index (χ2n) is 12.7. The van der Waals surface area contributed by atoms with Crippen LogP contribution in [0.15, 0.2) is 11.8 Å². The minimum Gasteiger partial charge on any atom is -0.387 e. The van der Waals surface area contributed by atoms with Crippen LogP contribution < -0.4 is 5.32 Å². The third kappa shape index (κ3) is 4.24. The average Bonchev–Trinajstić information content (AvgIpc) is 3.20. The summed E-state index contributed by atoms with van der Waals surface area (Å²) in [6.07, 6.45) is 14.9. The molecule has 0 aromatic heterocycles. The Bertz CT molecular complexity index is 821. The van der Waals surface area contributed by atoms with Crippen molar-refractivity contribution >= 4 is 6.21 Å². The van der Waals surface area contributed by atoms with Crippen LogP contribution in [0.2, 0.25) is 0 Å². The lowest BCUT2D eigenvalue weighted by atomic mass is 9.44. The third-order valence-corrected chi connectivity index (χ3v) is 11.4. The zero-order valence-corrected chi connectivity index (χ0v) is 22.2. The quantitative estimate of drug-likeness (QED) is 0.340. The molecule has 4 saturated carbocycles. The van der Waals surface area contributed by atoms with Gasteiger partial charge in [-0.1, -0.05) is 13.8 Å². The molecular weight excluding hydrogens is 422 g/mol. The molecule has 4 fully saturated rings. The highest BCUT2D eigenvalue weighted by Crippen LogP contribution is 2.69. The van der Waals surface area contributed by atoms with Crippen LogP contribution in [0.1, 0.15) is 78.6 Å². The van der Waals surface area contributed by atoms with E-state index in [-0.39, 0.29) is 5.60 Å². The third-order valence-electron chi connectivity index (χ3n) is 11.4. The molecular formula is C29H47N3O2. The molecule has 9 atom stereocenters. The smallest absolute Gasteiger partial charge is 0.102 e. The van der Waals surface area contributed by atoms with Gasteiger partial charge in [0.05, 0.1) is 11.2 Å². The van der Waals surface area contributed by atoms with Gasteiger partial charge in [0.15, 0.2) is 0 Å². The summed E-state index contributed by atoms with van der Waals surface area (Å²) in [6.45, 7) is 9.09. The first-order chi connectivity index (χ1) is 16.3. The molecule has 0 aromatic carbocycles. The summed E-state index contributed by atoms with van der Waals surface area (Å²) in [6, 6.07) is 2.05. The number of fused-ring (bicyclic) bond motifs is 5. The predicted octanol–water partition coefficient (Wildman–Crippen LogP) is 5.96. The van der Waals surface area contributed by atoms with Crippen molar-refractivity contribution in [2.24, 2.45) is 46.3 Å². The summed E-state index contributed by atoms with van der Waals surface area (Å²) in [7, 11) is 3.71. The van der Waals surface area contributed by atoms with Crippen molar-refractivity contribution in [3.63, 3.8) is 0 Å². The van der Waals surface area contributed by atoms with E-state index in [0.717, 1.165) is 42.4 Å². The number of nitrogens with zero attached hydrogens (tertiary/aromatic N) is 1.